The second kappa shape index (κ2) is 4.99. The quantitative estimate of drug-likeness (QED) is 0.438. The van der Waals surface area contributed by atoms with Crippen molar-refractivity contribution in [2.24, 2.45) is 10.2 Å². The molecule has 1 atom stereocenters. The third-order valence-corrected chi connectivity index (χ3v) is 3.58. The van der Waals surface area contributed by atoms with Crippen LogP contribution in [-0.4, -0.2) is 46.6 Å². The van der Waals surface area contributed by atoms with E-state index in [4.69, 9.17) is 0 Å². The van der Waals surface area contributed by atoms with E-state index in [0.29, 0.717) is 12.0 Å². The normalized spacial score (nSPS) is 29.7. The number of nitrogens with zero attached hydrogens (tertiary/aromatic N) is 3. The molecular weight excluding hydrogens is 260 g/mol. The number of amides is 3. The monoisotopic (exact) mass is 276 g/mol. The van der Waals surface area contributed by atoms with E-state index < -0.39 is 11.4 Å². The molecule has 0 aromatic rings. The molecule has 106 valence electrons. The second-order valence-electron chi connectivity index (χ2n) is 4.97. The van der Waals surface area contributed by atoms with Crippen LogP contribution in [-0.2, 0) is 14.4 Å². The van der Waals surface area contributed by atoms with E-state index in [0.717, 1.165) is 0 Å². The Bertz CT molecular complexity index is 564. The van der Waals surface area contributed by atoms with E-state index in [2.05, 4.69) is 22.1 Å². The average Bonchev–Trinajstić information content (AvgIpc) is 2.68. The van der Waals surface area contributed by atoms with E-state index in [1.54, 1.807) is 13.8 Å². The Kier molecular flexibility index (Phi) is 3.52. The third kappa shape index (κ3) is 2.15. The number of nitrogens with one attached hydrogen (secondary N) is 1. The van der Waals surface area contributed by atoms with Gasteiger partial charge in [0.15, 0.2) is 5.71 Å². The molecule has 2 saturated heterocycles. The highest BCUT2D eigenvalue weighted by atomic mass is 16.2. The molecule has 1 unspecified atom stereocenters. The SMILES string of the molecule is C=C1CN(C2(C)CCC(=O)NC2=O)C(=O)/C1=N/N=C\C. The number of piperidine rings is 1. The maximum atomic E-state index is 12.3. The molecule has 1 N–H and O–H groups in total. The topological polar surface area (TPSA) is 91.2 Å². The van der Waals surface area contributed by atoms with Crippen LogP contribution < -0.4 is 5.32 Å². The van der Waals surface area contributed by atoms with Crippen molar-refractivity contribution < 1.29 is 14.4 Å². The highest BCUT2D eigenvalue weighted by molar-refractivity contribution is 6.48. The Balaban J connectivity index is 2.31. The molecule has 0 radical (unpaired) electrons. The van der Waals surface area contributed by atoms with Gasteiger partial charge in [-0.1, -0.05) is 6.58 Å². The predicted octanol–water partition coefficient (Wildman–Crippen LogP) is 0.0268. The molecule has 7 heteroatoms. The molecule has 0 aromatic heterocycles. The van der Waals surface area contributed by atoms with Crippen molar-refractivity contribution >= 4 is 29.6 Å². The number of likely N-dealkylation sites (tertiary alicyclic amines) is 1. The van der Waals surface area contributed by atoms with Crippen molar-refractivity contribution in [3.63, 3.8) is 0 Å². The van der Waals surface area contributed by atoms with E-state index in [1.165, 1.54) is 11.1 Å². The lowest BCUT2D eigenvalue weighted by Gasteiger charge is -2.39. The third-order valence-electron chi connectivity index (χ3n) is 3.58. The minimum Gasteiger partial charge on any atom is -0.318 e. The largest absolute Gasteiger partial charge is 0.318 e. The number of hydrogen-bond donors (Lipinski definition) is 1. The standard InChI is InChI=1S/C13H16N4O3/c1-4-14-16-10-8(2)7-17(11(10)19)13(3)6-5-9(18)15-12(13)20/h4H,2,5-7H2,1,3H3,(H,15,18,20)/b14-4-,16-10+. The van der Waals surface area contributed by atoms with Crippen LogP contribution in [0.15, 0.2) is 22.4 Å². The van der Waals surface area contributed by atoms with Gasteiger partial charge in [-0.05, 0) is 25.8 Å². The van der Waals surface area contributed by atoms with Crippen LogP contribution in [0.3, 0.4) is 0 Å². The van der Waals surface area contributed by atoms with Crippen LogP contribution in [0.4, 0.5) is 0 Å². The first-order valence-electron chi connectivity index (χ1n) is 6.30. The van der Waals surface area contributed by atoms with Crippen LogP contribution in [0.5, 0.6) is 0 Å². The average molecular weight is 276 g/mol. The molecule has 2 aliphatic rings. The molecule has 0 bridgehead atoms. The lowest BCUT2D eigenvalue weighted by molar-refractivity contribution is -0.148. The zero-order chi connectivity index (χ0) is 14.9. The van der Waals surface area contributed by atoms with Crippen LogP contribution in [0.2, 0.25) is 0 Å². The van der Waals surface area contributed by atoms with Gasteiger partial charge in [0.2, 0.25) is 5.91 Å². The van der Waals surface area contributed by atoms with Crippen molar-refractivity contribution in [3.05, 3.63) is 12.2 Å². The Morgan fingerprint density at radius 1 is 1.40 bits per heavy atom. The summed E-state index contributed by atoms with van der Waals surface area (Å²) >= 11 is 0. The van der Waals surface area contributed by atoms with Gasteiger partial charge in [-0.25, -0.2) is 0 Å². The van der Waals surface area contributed by atoms with Crippen molar-refractivity contribution in [2.45, 2.75) is 32.2 Å². The number of rotatable bonds is 2. The first-order valence-corrected chi connectivity index (χ1v) is 6.30. The summed E-state index contributed by atoms with van der Waals surface area (Å²) in [5, 5.41) is 9.77. The first-order chi connectivity index (χ1) is 9.40. The highest BCUT2D eigenvalue weighted by Crippen LogP contribution is 2.30. The van der Waals surface area contributed by atoms with Gasteiger partial charge in [-0.2, -0.15) is 5.10 Å². The van der Waals surface area contributed by atoms with Crippen LogP contribution >= 0.6 is 0 Å². The predicted molar refractivity (Wildman–Crippen MR) is 73.2 cm³/mol. The van der Waals surface area contributed by atoms with Gasteiger partial charge in [0.25, 0.3) is 11.8 Å². The molecule has 20 heavy (non-hydrogen) atoms. The lowest BCUT2D eigenvalue weighted by atomic mass is 9.89. The molecule has 0 aromatic carbocycles. The number of carbonyl (C=O) groups excluding carboxylic acids is 3. The molecule has 2 fully saturated rings. The second-order valence-corrected chi connectivity index (χ2v) is 4.97. The summed E-state index contributed by atoms with van der Waals surface area (Å²) in [4.78, 5) is 37.0. The molecule has 0 spiro atoms. The van der Waals surface area contributed by atoms with Gasteiger partial charge in [0, 0.05) is 19.2 Å². The number of imide groups is 1. The van der Waals surface area contributed by atoms with Gasteiger partial charge in [-0.15, -0.1) is 5.10 Å². The van der Waals surface area contributed by atoms with Crippen LogP contribution in [0, 0.1) is 0 Å². The van der Waals surface area contributed by atoms with Gasteiger partial charge < -0.3 is 4.90 Å². The van der Waals surface area contributed by atoms with Gasteiger partial charge in [0.1, 0.15) is 5.54 Å². The summed E-state index contributed by atoms with van der Waals surface area (Å²) in [6.45, 7) is 7.34. The Morgan fingerprint density at radius 2 is 2.10 bits per heavy atom. The zero-order valence-electron chi connectivity index (χ0n) is 11.5. The van der Waals surface area contributed by atoms with E-state index in [-0.39, 0.29) is 30.5 Å². The molecule has 3 amide bonds. The van der Waals surface area contributed by atoms with E-state index >= 15 is 0 Å². The summed E-state index contributed by atoms with van der Waals surface area (Å²) in [6.07, 6.45) is 1.96. The summed E-state index contributed by atoms with van der Waals surface area (Å²) in [5.41, 5.74) is -0.373. The van der Waals surface area contributed by atoms with Crippen molar-refractivity contribution in [3.8, 4) is 0 Å². The fourth-order valence-electron chi connectivity index (χ4n) is 2.30. The van der Waals surface area contributed by atoms with Crippen molar-refractivity contribution in [1.29, 1.82) is 0 Å². The summed E-state index contributed by atoms with van der Waals surface area (Å²) < 4.78 is 0. The minimum atomic E-state index is -1.05. The Hall–Kier alpha value is -2.31. The number of hydrogen-bond acceptors (Lipinski definition) is 5. The molecule has 7 nitrogen and oxygen atoms in total. The maximum absolute atomic E-state index is 12.3. The molecule has 2 heterocycles. The minimum absolute atomic E-state index is 0.161. The molecule has 0 aliphatic carbocycles. The highest BCUT2D eigenvalue weighted by Gasteiger charge is 2.49. The molecule has 2 rings (SSSR count). The van der Waals surface area contributed by atoms with Crippen LogP contribution in [0.25, 0.3) is 0 Å². The summed E-state index contributed by atoms with van der Waals surface area (Å²) in [5.74, 6) is -1.16. The first kappa shape index (κ1) is 14.1. The van der Waals surface area contributed by atoms with Crippen LogP contribution in [0.1, 0.15) is 26.7 Å². The molecular formula is C13H16N4O3. The van der Waals surface area contributed by atoms with Gasteiger partial charge in [-0.3, -0.25) is 19.7 Å². The van der Waals surface area contributed by atoms with E-state index in [1.807, 2.05) is 0 Å². The fraction of sp³-hybridized carbons (Fsp3) is 0.462. The Labute approximate surface area is 116 Å². The fourth-order valence-corrected chi connectivity index (χ4v) is 2.30. The van der Waals surface area contributed by atoms with E-state index in [9.17, 15) is 14.4 Å². The Morgan fingerprint density at radius 3 is 2.70 bits per heavy atom. The molecule has 0 saturated carbocycles. The summed E-state index contributed by atoms with van der Waals surface area (Å²) in [6, 6.07) is 0. The van der Waals surface area contributed by atoms with Gasteiger partial charge in [0.05, 0.1) is 0 Å². The van der Waals surface area contributed by atoms with Crippen molar-refractivity contribution in [2.75, 3.05) is 6.54 Å². The zero-order valence-corrected chi connectivity index (χ0v) is 11.5. The molecule has 2 aliphatic heterocycles. The maximum Gasteiger partial charge on any atom is 0.275 e. The number of carbonyl (C=O) groups is 3. The van der Waals surface area contributed by atoms with Crippen molar-refractivity contribution in [1.82, 2.24) is 10.2 Å². The smallest absolute Gasteiger partial charge is 0.275 e. The van der Waals surface area contributed by atoms with Gasteiger partial charge >= 0.3 is 0 Å². The summed E-state index contributed by atoms with van der Waals surface area (Å²) in [7, 11) is 0. The lowest BCUT2D eigenvalue weighted by Crippen LogP contribution is -2.61.